The molecule has 0 saturated heterocycles. The molecule has 0 bridgehead atoms. The molecule has 3 rings (SSSR count). The summed E-state index contributed by atoms with van der Waals surface area (Å²) >= 11 is 1.31. The molecule has 3 N–H and O–H groups in total. The number of fused-ring (bicyclic) bond motifs is 1. The number of thiazole rings is 1. The fraction of sp³-hybridized carbons (Fsp3) is 0.0714. The van der Waals surface area contributed by atoms with E-state index < -0.39 is 11.8 Å². The van der Waals surface area contributed by atoms with Crippen LogP contribution in [0.4, 0.5) is 10.8 Å². The first-order valence-electron chi connectivity index (χ1n) is 6.23. The molecular weight excluding hydrogens is 288 g/mol. The summed E-state index contributed by atoms with van der Waals surface area (Å²) in [5, 5.41) is 8.63. The van der Waals surface area contributed by atoms with Gasteiger partial charge < -0.3 is 10.3 Å². The van der Waals surface area contributed by atoms with E-state index in [1.165, 1.54) is 18.3 Å². The predicted octanol–water partition coefficient (Wildman–Crippen LogP) is 2.64. The molecule has 2 aromatic heterocycles. The first-order valence-corrected chi connectivity index (χ1v) is 7.11. The number of carbonyl (C=O) groups excluding carboxylic acids is 2. The van der Waals surface area contributed by atoms with Crippen LogP contribution in [0.5, 0.6) is 0 Å². The number of H-pyrrole nitrogens is 1. The lowest BCUT2D eigenvalue weighted by Gasteiger charge is -2.02. The van der Waals surface area contributed by atoms with Crippen LogP contribution in [0.25, 0.3) is 10.9 Å². The molecule has 0 radical (unpaired) electrons. The highest BCUT2D eigenvalue weighted by Gasteiger charge is 2.12. The smallest absolute Gasteiger partial charge is 0.277 e. The van der Waals surface area contributed by atoms with E-state index in [0.717, 1.165) is 16.6 Å². The minimum atomic E-state index is -0.493. The predicted molar refractivity (Wildman–Crippen MR) is 81.8 cm³/mol. The summed E-state index contributed by atoms with van der Waals surface area (Å²) in [5.41, 5.74) is 2.16. The number of aromatic amines is 1. The van der Waals surface area contributed by atoms with E-state index in [1.807, 2.05) is 30.5 Å². The number of imide groups is 1. The van der Waals surface area contributed by atoms with E-state index in [-0.39, 0.29) is 5.69 Å². The number of aromatic nitrogens is 2. The average molecular weight is 300 g/mol. The van der Waals surface area contributed by atoms with Gasteiger partial charge in [-0.2, -0.15) is 0 Å². The van der Waals surface area contributed by atoms with E-state index >= 15 is 0 Å². The van der Waals surface area contributed by atoms with Crippen LogP contribution in [0.3, 0.4) is 0 Å². The molecule has 21 heavy (non-hydrogen) atoms. The second kappa shape index (κ2) is 5.37. The lowest BCUT2D eigenvalue weighted by Crippen LogP contribution is -2.28. The third kappa shape index (κ3) is 2.92. The molecule has 0 aliphatic carbocycles. The minimum Gasteiger partial charge on any atom is -0.361 e. The Hall–Kier alpha value is -2.67. The molecule has 7 heteroatoms. The van der Waals surface area contributed by atoms with Crippen molar-refractivity contribution in [3.8, 4) is 0 Å². The topological polar surface area (TPSA) is 86.9 Å². The van der Waals surface area contributed by atoms with E-state index in [9.17, 15) is 9.59 Å². The summed E-state index contributed by atoms with van der Waals surface area (Å²) in [6.07, 6.45) is 1.88. The Morgan fingerprint density at radius 1 is 1.29 bits per heavy atom. The van der Waals surface area contributed by atoms with Crippen molar-refractivity contribution in [2.75, 3.05) is 5.32 Å². The fourth-order valence-electron chi connectivity index (χ4n) is 1.91. The standard InChI is InChI=1S/C14H12N4O2S/c1-8(19)16-13(20)12-7-21-14(18-12)17-10-2-3-11-9(6-10)4-5-15-11/h2-7,15H,1H3,(H,17,18)(H,16,19,20). The van der Waals surface area contributed by atoms with Crippen LogP contribution in [-0.2, 0) is 4.79 Å². The van der Waals surface area contributed by atoms with Gasteiger partial charge in [0.15, 0.2) is 5.13 Å². The number of benzene rings is 1. The Kier molecular flexibility index (Phi) is 3.41. The number of hydrogen-bond donors (Lipinski definition) is 3. The number of rotatable bonds is 3. The quantitative estimate of drug-likeness (QED) is 0.694. The van der Waals surface area contributed by atoms with Crippen molar-refractivity contribution in [3.63, 3.8) is 0 Å². The zero-order valence-electron chi connectivity index (χ0n) is 11.1. The maximum Gasteiger partial charge on any atom is 0.277 e. The van der Waals surface area contributed by atoms with Crippen molar-refractivity contribution in [2.45, 2.75) is 6.92 Å². The number of carbonyl (C=O) groups is 2. The number of nitrogens with zero attached hydrogens (tertiary/aromatic N) is 1. The van der Waals surface area contributed by atoms with Crippen LogP contribution < -0.4 is 10.6 Å². The monoisotopic (exact) mass is 300 g/mol. The minimum absolute atomic E-state index is 0.223. The molecule has 2 amide bonds. The van der Waals surface area contributed by atoms with Crippen molar-refractivity contribution < 1.29 is 9.59 Å². The van der Waals surface area contributed by atoms with Gasteiger partial charge in [0.1, 0.15) is 5.69 Å². The summed E-state index contributed by atoms with van der Waals surface area (Å²) < 4.78 is 0. The maximum absolute atomic E-state index is 11.6. The van der Waals surface area contributed by atoms with E-state index in [2.05, 4.69) is 20.6 Å². The molecule has 106 valence electrons. The zero-order valence-corrected chi connectivity index (χ0v) is 12.0. The van der Waals surface area contributed by atoms with Gasteiger partial charge in [-0.3, -0.25) is 14.9 Å². The van der Waals surface area contributed by atoms with Crippen LogP contribution in [0.1, 0.15) is 17.4 Å². The highest BCUT2D eigenvalue weighted by Crippen LogP contribution is 2.24. The largest absolute Gasteiger partial charge is 0.361 e. The Balaban J connectivity index is 1.77. The average Bonchev–Trinajstić information content (AvgIpc) is 3.06. The maximum atomic E-state index is 11.6. The van der Waals surface area contributed by atoms with Crippen LogP contribution in [-0.4, -0.2) is 21.8 Å². The zero-order chi connectivity index (χ0) is 14.8. The Morgan fingerprint density at radius 3 is 2.95 bits per heavy atom. The van der Waals surface area contributed by atoms with Gasteiger partial charge in [-0.05, 0) is 24.3 Å². The van der Waals surface area contributed by atoms with Gasteiger partial charge in [0.25, 0.3) is 5.91 Å². The summed E-state index contributed by atoms with van der Waals surface area (Å²) in [7, 11) is 0. The molecule has 0 saturated carbocycles. The number of nitrogens with one attached hydrogen (secondary N) is 3. The van der Waals surface area contributed by atoms with Crippen LogP contribution >= 0.6 is 11.3 Å². The molecule has 6 nitrogen and oxygen atoms in total. The number of amides is 2. The lowest BCUT2D eigenvalue weighted by molar-refractivity contribution is -0.118. The molecule has 0 atom stereocenters. The molecular formula is C14H12N4O2S. The van der Waals surface area contributed by atoms with Crippen LogP contribution in [0.15, 0.2) is 35.8 Å². The van der Waals surface area contributed by atoms with Gasteiger partial charge in [0.05, 0.1) is 0 Å². The van der Waals surface area contributed by atoms with E-state index in [1.54, 1.807) is 5.38 Å². The summed E-state index contributed by atoms with van der Waals surface area (Å²) in [6, 6.07) is 7.86. The normalized spacial score (nSPS) is 10.5. The first kappa shape index (κ1) is 13.3. The van der Waals surface area contributed by atoms with Gasteiger partial charge >= 0.3 is 0 Å². The number of anilines is 2. The Labute approximate surface area is 124 Å². The van der Waals surface area contributed by atoms with Crippen molar-refractivity contribution in [3.05, 3.63) is 41.5 Å². The van der Waals surface area contributed by atoms with E-state index in [4.69, 9.17) is 0 Å². The molecule has 2 heterocycles. The van der Waals surface area contributed by atoms with Gasteiger partial charge in [-0.1, -0.05) is 0 Å². The Morgan fingerprint density at radius 2 is 2.14 bits per heavy atom. The SMILES string of the molecule is CC(=O)NC(=O)c1csc(Nc2ccc3[nH]ccc3c2)n1. The van der Waals surface area contributed by atoms with Gasteiger partial charge in [-0.15, -0.1) is 11.3 Å². The fourth-order valence-corrected chi connectivity index (χ4v) is 2.62. The second-order valence-corrected chi connectivity index (χ2v) is 5.31. The van der Waals surface area contributed by atoms with Crippen molar-refractivity contribution in [2.24, 2.45) is 0 Å². The lowest BCUT2D eigenvalue weighted by atomic mass is 10.2. The molecule has 3 aromatic rings. The molecule has 0 unspecified atom stereocenters. The van der Waals surface area contributed by atoms with Crippen LogP contribution in [0.2, 0.25) is 0 Å². The van der Waals surface area contributed by atoms with Crippen LogP contribution in [0, 0.1) is 0 Å². The number of hydrogen-bond acceptors (Lipinski definition) is 5. The molecule has 0 aliphatic heterocycles. The molecule has 1 aromatic carbocycles. The molecule has 0 aliphatic rings. The summed E-state index contributed by atoms with van der Waals surface area (Å²) in [4.78, 5) is 29.8. The molecule has 0 fully saturated rings. The first-order chi connectivity index (χ1) is 10.1. The second-order valence-electron chi connectivity index (χ2n) is 4.45. The van der Waals surface area contributed by atoms with E-state index in [0.29, 0.717) is 5.13 Å². The van der Waals surface area contributed by atoms with Crippen molar-refractivity contribution in [1.82, 2.24) is 15.3 Å². The van der Waals surface area contributed by atoms with Crippen molar-refractivity contribution >= 4 is 44.9 Å². The van der Waals surface area contributed by atoms with Gasteiger partial charge in [0, 0.05) is 35.1 Å². The summed E-state index contributed by atoms with van der Waals surface area (Å²) in [6.45, 7) is 1.29. The third-order valence-electron chi connectivity index (χ3n) is 2.83. The highest BCUT2D eigenvalue weighted by atomic mass is 32.1. The highest BCUT2D eigenvalue weighted by molar-refractivity contribution is 7.14. The molecule has 0 spiro atoms. The third-order valence-corrected chi connectivity index (χ3v) is 3.59. The van der Waals surface area contributed by atoms with Crippen molar-refractivity contribution in [1.29, 1.82) is 0 Å². The van der Waals surface area contributed by atoms with Gasteiger partial charge in [0.2, 0.25) is 5.91 Å². The summed E-state index contributed by atoms with van der Waals surface area (Å²) in [5.74, 6) is -0.895. The van der Waals surface area contributed by atoms with Gasteiger partial charge in [-0.25, -0.2) is 4.98 Å². The Bertz CT molecular complexity index is 821.